The molecule has 0 N–H and O–H groups in total. The van der Waals surface area contributed by atoms with Crippen molar-refractivity contribution in [1.29, 1.82) is 0 Å². The van der Waals surface area contributed by atoms with Gasteiger partial charge in [-0.3, -0.25) is 4.79 Å². The van der Waals surface area contributed by atoms with Crippen LogP contribution < -0.4 is 0 Å². The number of likely N-dealkylation sites (tertiary alicyclic amines) is 1. The van der Waals surface area contributed by atoms with Gasteiger partial charge in [0.25, 0.3) is 5.89 Å². The van der Waals surface area contributed by atoms with Gasteiger partial charge in [0.1, 0.15) is 13.2 Å². The number of rotatable bonds is 6. The average Bonchev–Trinajstić information content (AvgIpc) is 3.24. The molecule has 0 aliphatic carbocycles. The summed E-state index contributed by atoms with van der Waals surface area (Å²) in [6, 6.07) is 0. The molecule has 1 amide bonds. The number of ether oxygens (including phenoxy) is 1. The van der Waals surface area contributed by atoms with Crippen molar-refractivity contribution < 1.29 is 14.1 Å². The third-order valence-corrected chi connectivity index (χ3v) is 3.88. The maximum absolute atomic E-state index is 12.3. The number of aromatic nitrogens is 4. The summed E-state index contributed by atoms with van der Waals surface area (Å²) in [6.07, 6.45) is 7.72. The van der Waals surface area contributed by atoms with Crippen LogP contribution in [0.25, 0.3) is 0 Å². The Morgan fingerprint density at radius 1 is 1.52 bits per heavy atom. The molecule has 1 unspecified atom stereocenters. The summed E-state index contributed by atoms with van der Waals surface area (Å²) in [6.45, 7) is 3.95. The smallest absolute Gasteiger partial charge is 0.252 e. The van der Waals surface area contributed by atoms with Crippen LogP contribution in [0.3, 0.4) is 0 Å². The third-order valence-electron chi connectivity index (χ3n) is 3.88. The summed E-state index contributed by atoms with van der Waals surface area (Å²) in [7, 11) is 0. The van der Waals surface area contributed by atoms with E-state index in [9.17, 15) is 4.79 Å². The van der Waals surface area contributed by atoms with Crippen molar-refractivity contribution in [2.24, 2.45) is 0 Å². The maximum Gasteiger partial charge on any atom is 0.252 e. The van der Waals surface area contributed by atoms with E-state index in [0.29, 0.717) is 31.4 Å². The van der Waals surface area contributed by atoms with Crippen LogP contribution >= 0.6 is 0 Å². The largest absolute Gasteiger partial charge is 0.367 e. The molecule has 2 aromatic heterocycles. The van der Waals surface area contributed by atoms with Crippen molar-refractivity contribution in [3.63, 3.8) is 0 Å². The summed E-state index contributed by atoms with van der Waals surface area (Å²) >= 11 is 0. The first-order valence-electron chi connectivity index (χ1n) is 7.91. The fourth-order valence-corrected chi connectivity index (χ4v) is 2.62. The van der Waals surface area contributed by atoms with Crippen LogP contribution in [0.15, 0.2) is 23.2 Å². The Kier molecular flexibility index (Phi) is 5.02. The summed E-state index contributed by atoms with van der Waals surface area (Å²) in [5.74, 6) is 1.26. The first kappa shape index (κ1) is 15.7. The van der Waals surface area contributed by atoms with Crippen LogP contribution in [-0.2, 0) is 29.1 Å². The SMILES string of the molecule is CCc1noc(COC2CCCN(C(=O)Cn3ccnc3)C2)n1. The van der Waals surface area contributed by atoms with Crippen LogP contribution in [0.5, 0.6) is 0 Å². The van der Waals surface area contributed by atoms with E-state index in [4.69, 9.17) is 9.26 Å². The third kappa shape index (κ3) is 4.16. The van der Waals surface area contributed by atoms with E-state index < -0.39 is 0 Å². The molecule has 3 heterocycles. The predicted molar refractivity (Wildman–Crippen MR) is 80.3 cm³/mol. The van der Waals surface area contributed by atoms with Crippen molar-refractivity contribution in [1.82, 2.24) is 24.6 Å². The minimum atomic E-state index is 0.00691. The number of carbonyl (C=O) groups excluding carboxylic acids is 1. The first-order chi connectivity index (χ1) is 11.2. The lowest BCUT2D eigenvalue weighted by Crippen LogP contribution is -2.44. The summed E-state index contributed by atoms with van der Waals surface area (Å²) in [5.41, 5.74) is 0. The number of hydrogen-bond acceptors (Lipinski definition) is 6. The van der Waals surface area contributed by atoms with Gasteiger partial charge >= 0.3 is 0 Å². The molecule has 8 nitrogen and oxygen atoms in total. The van der Waals surface area contributed by atoms with Gasteiger partial charge in [-0.2, -0.15) is 4.98 Å². The number of amides is 1. The molecule has 0 bridgehead atoms. The highest BCUT2D eigenvalue weighted by Crippen LogP contribution is 2.15. The van der Waals surface area contributed by atoms with E-state index in [1.165, 1.54) is 0 Å². The molecular weight excluding hydrogens is 298 g/mol. The van der Waals surface area contributed by atoms with Crippen LogP contribution in [0, 0.1) is 0 Å². The quantitative estimate of drug-likeness (QED) is 0.790. The minimum absolute atomic E-state index is 0.00691. The van der Waals surface area contributed by atoms with Gasteiger partial charge in [0, 0.05) is 31.9 Å². The predicted octanol–water partition coefficient (Wildman–Crippen LogP) is 1.04. The zero-order valence-electron chi connectivity index (χ0n) is 13.2. The van der Waals surface area contributed by atoms with E-state index in [1.807, 2.05) is 11.8 Å². The van der Waals surface area contributed by atoms with Gasteiger partial charge in [0.15, 0.2) is 5.82 Å². The van der Waals surface area contributed by atoms with E-state index in [-0.39, 0.29) is 12.0 Å². The van der Waals surface area contributed by atoms with Gasteiger partial charge in [-0.1, -0.05) is 12.1 Å². The fraction of sp³-hybridized carbons (Fsp3) is 0.600. The molecule has 0 saturated carbocycles. The fourth-order valence-electron chi connectivity index (χ4n) is 2.62. The number of imidazole rings is 1. The number of nitrogens with zero attached hydrogens (tertiary/aromatic N) is 5. The van der Waals surface area contributed by atoms with Gasteiger partial charge in [0.2, 0.25) is 5.91 Å². The highest BCUT2D eigenvalue weighted by Gasteiger charge is 2.24. The molecule has 1 aliphatic heterocycles. The Balaban J connectivity index is 1.48. The number of hydrogen-bond donors (Lipinski definition) is 0. The second-order valence-electron chi connectivity index (χ2n) is 5.61. The van der Waals surface area contributed by atoms with E-state index in [1.54, 1.807) is 23.3 Å². The van der Waals surface area contributed by atoms with Gasteiger partial charge in [-0.25, -0.2) is 4.98 Å². The zero-order chi connectivity index (χ0) is 16.1. The van der Waals surface area contributed by atoms with Gasteiger partial charge in [0.05, 0.1) is 12.4 Å². The molecule has 1 aliphatic rings. The molecule has 0 spiro atoms. The molecule has 0 radical (unpaired) electrons. The standard InChI is InChI=1S/C15H21N5O3/c1-2-13-17-14(23-18-13)10-22-12-4-3-6-20(8-12)15(21)9-19-7-5-16-11-19/h5,7,11-12H,2-4,6,8-10H2,1H3. The second-order valence-corrected chi connectivity index (χ2v) is 5.61. The number of aryl methyl sites for hydroxylation is 1. The second kappa shape index (κ2) is 7.36. The lowest BCUT2D eigenvalue weighted by atomic mass is 10.1. The van der Waals surface area contributed by atoms with Crippen molar-refractivity contribution in [3.8, 4) is 0 Å². The molecule has 0 aromatic carbocycles. The molecule has 1 fully saturated rings. The molecule has 3 rings (SSSR count). The van der Waals surface area contributed by atoms with Crippen LogP contribution in [0.2, 0.25) is 0 Å². The van der Waals surface area contributed by atoms with E-state index in [0.717, 1.165) is 25.8 Å². The number of piperidine rings is 1. The Morgan fingerprint density at radius 3 is 3.17 bits per heavy atom. The van der Waals surface area contributed by atoms with Crippen molar-refractivity contribution in [2.75, 3.05) is 13.1 Å². The van der Waals surface area contributed by atoms with Gasteiger partial charge < -0.3 is 18.7 Å². The van der Waals surface area contributed by atoms with Crippen LogP contribution in [0.4, 0.5) is 0 Å². The molecule has 1 atom stereocenters. The first-order valence-corrected chi connectivity index (χ1v) is 7.91. The topological polar surface area (TPSA) is 86.3 Å². The Labute approximate surface area is 134 Å². The summed E-state index contributed by atoms with van der Waals surface area (Å²) in [5, 5.41) is 3.84. The normalized spacial score (nSPS) is 18.3. The molecule has 124 valence electrons. The molecule has 23 heavy (non-hydrogen) atoms. The maximum atomic E-state index is 12.3. The molecule has 8 heteroatoms. The van der Waals surface area contributed by atoms with Crippen molar-refractivity contribution in [3.05, 3.63) is 30.4 Å². The Hall–Kier alpha value is -2.22. The Bertz CT molecular complexity index is 625. The van der Waals surface area contributed by atoms with Gasteiger partial charge in [-0.15, -0.1) is 0 Å². The molecule has 1 saturated heterocycles. The van der Waals surface area contributed by atoms with Crippen LogP contribution in [0.1, 0.15) is 31.5 Å². The highest BCUT2D eigenvalue weighted by molar-refractivity contribution is 5.76. The lowest BCUT2D eigenvalue weighted by Gasteiger charge is -2.32. The zero-order valence-corrected chi connectivity index (χ0v) is 13.2. The highest BCUT2D eigenvalue weighted by atomic mass is 16.5. The van der Waals surface area contributed by atoms with Crippen molar-refractivity contribution >= 4 is 5.91 Å². The van der Waals surface area contributed by atoms with Crippen molar-refractivity contribution in [2.45, 2.75) is 45.4 Å². The average molecular weight is 319 g/mol. The Morgan fingerprint density at radius 2 is 2.43 bits per heavy atom. The number of carbonyl (C=O) groups is 1. The van der Waals surface area contributed by atoms with E-state index >= 15 is 0 Å². The molecule has 2 aromatic rings. The lowest BCUT2D eigenvalue weighted by molar-refractivity contribution is -0.136. The summed E-state index contributed by atoms with van der Waals surface area (Å²) < 4.78 is 12.7. The van der Waals surface area contributed by atoms with Crippen LogP contribution in [-0.4, -0.2) is 49.7 Å². The molecular formula is C15H21N5O3. The minimum Gasteiger partial charge on any atom is -0.367 e. The summed E-state index contributed by atoms with van der Waals surface area (Å²) in [4.78, 5) is 22.3. The monoisotopic (exact) mass is 319 g/mol. The van der Waals surface area contributed by atoms with Gasteiger partial charge in [-0.05, 0) is 12.8 Å². The van der Waals surface area contributed by atoms with E-state index in [2.05, 4.69) is 15.1 Å².